The molecule has 30 heavy (non-hydrogen) atoms. The number of nitrogens with one attached hydrogen (secondary N) is 1. The summed E-state index contributed by atoms with van der Waals surface area (Å²) < 4.78 is 20.4. The molecule has 0 saturated heterocycles. The second kappa shape index (κ2) is 8.95. The molecule has 0 aliphatic carbocycles. The number of benzene rings is 3. The molecule has 0 radical (unpaired) electrons. The molecular weight excluding hydrogens is 385 g/mol. The molecule has 1 N–H and O–H groups in total. The van der Waals surface area contributed by atoms with Crippen molar-refractivity contribution in [3.8, 4) is 11.4 Å². The van der Waals surface area contributed by atoms with Gasteiger partial charge in [-0.1, -0.05) is 30.3 Å². The Kier molecular flexibility index (Phi) is 5.75. The summed E-state index contributed by atoms with van der Waals surface area (Å²) in [6.07, 6.45) is 1.74. The van der Waals surface area contributed by atoms with Crippen molar-refractivity contribution in [2.24, 2.45) is 0 Å². The van der Waals surface area contributed by atoms with E-state index in [0.29, 0.717) is 11.4 Å². The molecule has 0 spiro atoms. The Bertz CT molecular complexity index is 1130. The van der Waals surface area contributed by atoms with Gasteiger partial charge < -0.3 is 10.1 Å². The monoisotopic (exact) mass is 403 g/mol. The van der Waals surface area contributed by atoms with Crippen molar-refractivity contribution in [3.05, 3.63) is 96.1 Å². The molecule has 1 aromatic heterocycles. The highest BCUT2D eigenvalue weighted by molar-refractivity contribution is 5.92. The maximum atomic E-state index is 13.2. The van der Waals surface area contributed by atoms with Crippen LogP contribution in [0.1, 0.15) is 11.1 Å². The number of hydrogen-bond acceptors (Lipinski definition) is 5. The van der Waals surface area contributed by atoms with Gasteiger partial charge in [0.15, 0.2) is 0 Å². The highest BCUT2D eigenvalue weighted by atomic mass is 19.1. The summed E-state index contributed by atoms with van der Waals surface area (Å²) in [5.41, 5.74) is 3.22. The number of ether oxygens (including phenoxy) is 1. The van der Waals surface area contributed by atoms with Gasteiger partial charge in [0.05, 0.1) is 12.1 Å². The minimum Gasteiger partial charge on any atom is -0.489 e. The summed E-state index contributed by atoms with van der Waals surface area (Å²) in [5, 5.41) is 13.9. The molecule has 0 aliphatic rings. The molecule has 8 heteroatoms. The zero-order valence-electron chi connectivity index (χ0n) is 15.9. The summed E-state index contributed by atoms with van der Waals surface area (Å²) in [5.74, 6) is -0.0255. The van der Waals surface area contributed by atoms with Crippen LogP contribution in [0.5, 0.6) is 5.75 Å². The van der Waals surface area contributed by atoms with Crippen molar-refractivity contribution >= 4 is 11.6 Å². The van der Waals surface area contributed by atoms with Crippen molar-refractivity contribution in [2.75, 3.05) is 5.32 Å². The molecule has 7 nitrogen and oxygen atoms in total. The molecule has 0 atom stereocenters. The van der Waals surface area contributed by atoms with E-state index in [1.54, 1.807) is 16.8 Å². The minimum atomic E-state index is -0.348. The molecule has 3 aromatic carbocycles. The number of rotatable bonds is 7. The SMILES string of the molecule is O=C(Cc1ccc(-n2cnnn2)cc1)Nc1cccc(COc2cccc(F)c2)c1. The summed E-state index contributed by atoms with van der Waals surface area (Å²) >= 11 is 0. The molecule has 0 aliphatic heterocycles. The minimum absolute atomic E-state index is 0.131. The summed E-state index contributed by atoms with van der Waals surface area (Å²) in [6, 6.07) is 20.8. The molecule has 1 amide bonds. The van der Waals surface area contributed by atoms with Gasteiger partial charge in [-0.05, 0) is 58.0 Å². The lowest BCUT2D eigenvalue weighted by molar-refractivity contribution is -0.115. The molecule has 150 valence electrons. The fourth-order valence-corrected chi connectivity index (χ4v) is 2.90. The van der Waals surface area contributed by atoms with Gasteiger partial charge in [0, 0.05) is 11.8 Å². The average molecular weight is 403 g/mol. The molecule has 0 bridgehead atoms. The van der Waals surface area contributed by atoms with Crippen LogP contribution in [0.4, 0.5) is 10.1 Å². The number of carbonyl (C=O) groups excluding carboxylic acids is 1. The van der Waals surface area contributed by atoms with Crippen LogP contribution in [0.3, 0.4) is 0 Å². The van der Waals surface area contributed by atoms with Gasteiger partial charge in [-0.25, -0.2) is 9.07 Å². The van der Waals surface area contributed by atoms with E-state index in [9.17, 15) is 9.18 Å². The fourth-order valence-electron chi connectivity index (χ4n) is 2.90. The highest BCUT2D eigenvalue weighted by Crippen LogP contribution is 2.17. The Balaban J connectivity index is 1.33. The third-order valence-corrected chi connectivity index (χ3v) is 4.33. The smallest absolute Gasteiger partial charge is 0.228 e. The Labute approximate surface area is 172 Å². The van der Waals surface area contributed by atoms with Gasteiger partial charge >= 0.3 is 0 Å². The van der Waals surface area contributed by atoms with Gasteiger partial charge in [0.1, 0.15) is 24.5 Å². The van der Waals surface area contributed by atoms with Crippen molar-refractivity contribution < 1.29 is 13.9 Å². The first-order valence-corrected chi connectivity index (χ1v) is 9.25. The normalized spacial score (nSPS) is 10.6. The predicted molar refractivity (Wildman–Crippen MR) is 109 cm³/mol. The highest BCUT2D eigenvalue weighted by Gasteiger charge is 2.06. The van der Waals surface area contributed by atoms with Gasteiger partial charge in [0.25, 0.3) is 0 Å². The molecule has 0 unspecified atom stereocenters. The van der Waals surface area contributed by atoms with Gasteiger partial charge in [-0.3, -0.25) is 4.79 Å². The molecule has 0 fully saturated rings. The van der Waals surface area contributed by atoms with E-state index in [1.807, 2.05) is 48.5 Å². The molecule has 4 rings (SSSR count). The zero-order valence-corrected chi connectivity index (χ0v) is 15.9. The molecule has 0 saturated carbocycles. The van der Waals surface area contributed by atoms with E-state index in [1.165, 1.54) is 18.5 Å². The van der Waals surface area contributed by atoms with Crippen LogP contribution in [0.2, 0.25) is 0 Å². The quantitative estimate of drug-likeness (QED) is 0.510. The van der Waals surface area contributed by atoms with E-state index in [-0.39, 0.29) is 24.8 Å². The number of aromatic nitrogens is 4. The summed E-state index contributed by atoms with van der Waals surface area (Å²) in [6.45, 7) is 0.270. The maximum absolute atomic E-state index is 13.2. The first-order chi connectivity index (χ1) is 14.7. The molecule has 4 aromatic rings. The fraction of sp³-hybridized carbons (Fsp3) is 0.0909. The molecule has 1 heterocycles. The van der Waals surface area contributed by atoms with E-state index in [0.717, 1.165) is 16.8 Å². The van der Waals surface area contributed by atoms with Crippen LogP contribution in [0, 0.1) is 5.82 Å². The van der Waals surface area contributed by atoms with Crippen molar-refractivity contribution in [1.29, 1.82) is 0 Å². The van der Waals surface area contributed by atoms with Crippen molar-refractivity contribution in [3.63, 3.8) is 0 Å². The van der Waals surface area contributed by atoms with Gasteiger partial charge in [-0.15, -0.1) is 5.10 Å². The number of anilines is 1. The van der Waals surface area contributed by atoms with Crippen molar-refractivity contribution in [1.82, 2.24) is 20.2 Å². The maximum Gasteiger partial charge on any atom is 0.228 e. The van der Waals surface area contributed by atoms with Crippen LogP contribution in [-0.4, -0.2) is 26.1 Å². The number of nitrogens with zero attached hydrogens (tertiary/aromatic N) is 4. The lowest BCUT2D eigenvalue weighted by Crippen LogP contribution is -2.14. The van der Waals surface area contributed by atoms with Gasteiger partial charge in [-0.2, -0.15) is 0 Å². The second-order valence-corrected chi connectivity index (χ2v) is 6.59. The summed E-state index contributed by atoms with van der Waals surface area (Å²) in [7, 11) is 0. The number of amides is 1. The second-order valence-electron chi connectivity index (χ2n) is 6.59. The van der Waals surface area contributed by atoms with Crippen LogP contribution in [0.25, 0.3) is 5.69 Å². The van der Waals surface area contributed by atoms with Gasteiger partial charge in [0.2, 0.25) is 5.91 Å². The van der Waals surface area contributed by atoms with E-state index >= 15 is 0 Å². The Morgan fingerprint density at radius 1 is 1.00 bits per heavy atom. The topological polar surface area (TPSA) is 81.9 Å². The van der Waals surface area contributed by atoms with Crippen molar-refractivity contribution in [2.45, 2.75) is 13.0 Å². The number of tetrazole rings is 1. The lowest BCUT2D eigenvalue weighted by Gasteiger charge is -2.09. The molecular formula is C22H18FN5O2. The number of halogens is 1. The largest absolute Gasteiger partial charge is 0.489 e. The van der Waals surface area contributed by atoms with Crippen LogP contribution < -0.4 is 10.1 Å². The van der Waals surface area contributed by atoms with E-state index < -0.39 is 0 Å². The third kappa shape index (κ3) is 5.05. The number of carbonyl (C=O) groups is 1. The lowest BCUT2D eigenvalue weighted by atomic mass is 10.1. The Morgan fingerprint density at radius 2 is 1.83 bits per heavy atom. The predicted octanol–water partition coefficient (Wildman–Crippen LogP) is 3.56. The Morgan fingerprint density at radius 3 is 2.60 bits per heavy atom. The standard InChI is InChI=1S/C22H18FN5O2/c23-18-4-2-6-21(13-18)30-14-17-3-1-5-19(11-17)25-22(29)12-16-7-9-20(10-8-16)28-15-24-26-27-28/h1-11,13,15H,12,14H2,(H,25,29). The van der Waals surface area contributed by atoms with Crippen LogP contribution in [-0.2, 0) is 17.8 Å². The third-order valence-electron chi connectivity index (χ3n) is 4.33. The first kappa shape index (κ1) is 19.3. The summed E-state index contributed by atoms with van der Waals surface area (Å²) in [4.78, 5) is 12.4. The first-order valence-electron chi connectivity index (χ1n) is 9.25. The van der Waals surface area contributed by atoms with Crippen LogP contribution in [0.15, 0.2) is 79.1 Å². The van der Waals surface area contributed by atoms with Crippen LogP contribution >= 0.6 is 0 Å². The van der Waals surface area contributed by atoms with E-state index in [4.69, 9.17) is 4.74 Å². The average Bonchev–Trinajstić information content (AvgIpc) is 3.28. The zero-order chi connectivity index (χ0) is 20.8. The number of hydrogen-bond donors (Lipinski definition) is 1. The Hall–Kier alpha value is -4.07. The van der Waals surface area contributed by atoms with E-state index in [2.05, 4.69) is 20.8 Å².